The zero-order valence-electron chi connectivity index (χ0n) is 38.9. The molecule has 0 aromatic heterocycles. The number of rotatable bonds is 42. The maximum Gasteiger partial charge on any atom is 0.306 e. The second-order valence-electron chi connectivity index (χ2n) is 16.8. The summed E-state index contributed by atoms with van der Waals surface area (Å²) in [6.07, 6.45) is 52.3. The van der Waals surface area contributed by atoms with Gasteiger partial charge in [-0.1, -0.05) is 164 Å². The van der Waals surface area contributed by atoms with Gasteiger partial charge < -0.3 is 27.9 Å². The first kappa shape index (κ1) is 57.4. The first-order valence-corrected chi connectivity index (χ1v) is 25.1. The predicted octanol–water partition coefficient (Wildman–Crippen LogP) is 13.2. The average Bonchev–Trinajstić information content (AvgIpc) is 3.20. The summed E-state index contributed by atoms with van der Waals surface area (Å²) in [5.41, 5.74) is 0. The van der Waals surface area contributed by atoms with Crippen LogP contribution in [0.1, 0.15) is 181 Å². The lowest BCUT2D eigenvalue weighted by atomic mass is 10.1. The standard InChI is InChI=1S/C50H88NO8P/c1-6-8-10-12-14-16-18-20-22-24-25-27-29-31-33-35-37-39-41-43-50(53)59-48(47-58-60(54,55)57-45-44-51(3,4)5)46-56-49(52)42-40-38-36-34-32-30-28-26-23-21-19-17-15-13-11-9-7-2/h14,16-17,19-20,22,25,27,31,33,37,39,48H,6-13,15,18,21,23-24,26,28-30,32,34-36,38,40-47H2,1-5H3/b16-14+,19-17+,22-20+,27-25+,33-31+,39-37+/t48-/m1/s1. The first-order chi connectivity index (χ1) is 29.0. The van der Waals surface area contributed by atoms with Crippen LogP contribution in [0.2, 0.25) is 0 Å². The maximum absolute atomic E-state index is 12.7. The monoisotopic (exact) mass is 862 g/mol. The van der Waals surface area contributed by atoms with Crippen molar-refractivity contribution in [3.05, 3.63) is 72.9 Å². The van der Waals surface area contributed by atoms with E-state index in [2.05, 4.69) is 74.6 Å². The normalized spacial score (nSPS) is 14.2. The van der Waals surface area contributed by atoms with Crippen molar-refractivity contribution in [2.24, 2.45) is 0 Å². The molecule has 0 aliphatic carbocycles. The third-order valence-electron chi connectivity index (χ3n) is 9.71. The van der Waals surface area contributed by atoms with Crippen molar-refractivity contribution >= 4 is 19.8 Å². The summed E-state index contributed by atoms with van der Waals surface area (Å²) in [4.78, 5) is 37.6. The fourth-order valence-corrected chi connectivity index (χ4v) is 6.71. The fraction of sp³-hybridized carbons (Fsp3) is 0.720. The molecule has 0 spiro atoms. The number of hydrogen-bond donors (Lipinski definition) is 0. The number of likely N-dealkylation sites (N-methyl/N-ethyl adjacent to an activating group) is 1. The second kappa shape index (κ2) is 41.8. The van der Waals surface area contributed by atoms with Crippen LogP contribution in [0.4, 0.5) is 0 Å². The van der Waals surface area contributed by atoms with E-state index < -0.39 is 32.5 Å². The van der Waals surface area contributed by atoms with E-state index in [1.807, 2.05) is 33.3 Å². The number of quaternary nitrogens is 1. The largest absolute Gasteiger partial charge is 0.756 e. The Kier molecular flexibility index (Phi) is 40.0. The van der Waals surface area contributed by atoms with Gasteiger partial charge in [0.05, 0.1) is 27.7 Å². The Hall–Kier alpha value is -2.55. The molecule has 2 atom stereocenters. The number of hydrogen-bond acceptors (Lipinski definition) is 8. The van der Waals surface area contributed by atoms with E-state index in [9.17, 15) is 19.0 Å². The van der Waals surface area contributed by atoms with Crippen LogP contribution >= 0.6 is 7.82 Å². The first-order valence-electron chi connectivity index (χ1n) is 23.6. The summed E-state index contributed by atoms with van der Waals surface area (Å²) >= 11 is 0. The van der Waals surface area contributed by atoms with E-state index >= 15 is 0 Å². The zero-order chi connectivity index (χ0) is 44.3. The van der Waals surface area contributed by atoms with E-state index in [-0.39, 0.29) is 26.1 Å². The summed E-state index contributed by atoms with van der Waals surface area (Å²) in [6.45, 7) is 4.09. The summed E-state index contributed by atoms with van der Waals surface area (Å²) in [6, 6.07) is 0. The molecular weight excluding hydrogens is 774 g/mol. The molecule has 10 heteroatoms. The van der Waals surface area contributed by atoms with Gasteiger partial charge in [-0.15, -0.1) is 0 Å². The number of allylic oxidation sites excluding steroid dienone is 12. The molecule has 0 aliphatic rings. The van der Waals surface area contributed by atoms with Crippen molar-refractivity contribution in [1.82, 2.24) is 0 Å². The minimum Gasteiger partial charge on any atom is -0.756 e. The highest BCUT2D eigenvalue weighted by atomic mass is 31.2. The molecule has 1 unspecified atom stereocenters. The topological polar surface area (TPSA) is 111 Å². The van der Waals surface area contributed by atoms with Crippen LogP contribution in [0.5, 0.6) is 0 Å². The third kappa shape index (κ3) is 45.0. The van der Waals surface area contributed by atoms with Gasteiger partial charge in [0, 0.05) is 12.8 Å². The molecule has 0 fully saturated rings. The summed E-state index contributed by atoms with van der Waals surface area (Å²) in [5, 5.41) is 0. The highest BCUT2D eigenvalue weighted by Gasteiger charge is 2.21. The molecule has 0 heterocycles. The summed E-state index contributed by atoms with van der Waals surface area (Å²) in [5.74, 6) is -0.936. The van der Waals surface area contributed by atoms with Gasteiger partial charge in [0.1, 0.15) is 19.8 Å². The Morgan fingerprint density at radius 1 is 0.517 bits per heavy atom. The number of unbranched alkanes of at least 4 members (excludes halogenated alkanes) is 16. The fourth-order valence-electron chi connectivity index (χ4n) is 5.98. The minimum atomic E-state index is -4.65. The number of carbonyl (C=O) groups is 2. The molecule has 0 radical (unpaired) electrons. The van der Waals surface area contributed by atoms with Gasteiger partial charge in [-0.05, 0) is 77.0 Å². The summed E-state index contributed by atoms with van der Waals surface area (Å²) < 4.78 is 33.9. The van der Waals surface area contributed by atoms with Crippen molar-refractivity contribution in [3.63, 3.8) is 0 Å². The minimum absolute atomic E-state index is 0.0473. The Balaban J connectivity index is 4.45. The van der Waals surface area contributed by atoms with Crippen LogP contribution in [0.25, 0.3) is 0 Å². The number of phosphoric ester groups is 1. The number of ether oxygens (including phenoxy) is 2. The molecule has 0 aromatic carbocycles. The smallest absolute Gasteiger partial charge is 0.306 e. The van der Waals surface area contributed by atoms with Crippen LogP contribution in [-0.2, 0) is 32.7 Å². The van der Waals surface area contributed by atoms with Gasteiger partial charge in [0.25, 0.3) is 7.82 Å². The lowest BCUT2D eigenvalue weighted by molar-refractivity contribution is -0.870. The molecule has 0 aromatic rings. The van der Waals surface area contributed by atoms with Crippen molar-refractivity contribution in [2.75, 3.05) is 47.5 Å². The van der Waals surface area contributed by atoms with Gasteiger partial charge >= 0.3 is 11.9 Å². The predicted molar refractivity (Wildman–Crippen MR) is 249 cm³/mol. The molecule has 0 rings (SSSR count). The zero-order valence-corrected chi connectivity index (χ0v) is 39.8. The molecule has 0 N–H and O–H groups in total. The lowest BCUT2D eigenvalue weighted by Crippen LogP contribution is -2.37. The van der Waals surface area contributed by atoms with E-state index in [4.69, 9.17) is 18.5 Å². The van der Waals surface area contributed by atoms with Crippen molar-refractivity contribution < 1.29 is 42.1 Å². The van der Waals surface area contributed by atoms with Crippen LogP contribution in [0.15, 0.2) is 72.9 Å². The number of carbonyl (C=O) groups excluding carboxylic acids is 2. The van der Waals surface area contributed by atoms with E-state index in [1.54, 1.807) is 0 Å². The van der Waals surface area contributed by atoms with Crippen LogP contribution in [-0.4, -0.2) is 70.0 Å². The molecule has 60 heavy (non-hydrogen) atoms. The molecule has 0 saturated heterocycles. The molecule has 0 amide bonds. The van der Waals surface area contributed by atoms with Crippen molar-refractivity contribution in [1.29, 1.82) is 0 Å². The summed E-state index contributed by atoms with van der Waals surface area (Å²) in [7, 11) is 1.11. The van der Waals surface area contributed by atoms with E-state index in [0.29, 0.717) is 23.9 Å². The molecule has 0 aliphatic heterocycles. The van der Waals surface area contributed by atoms with Crippen molar-refractivity contribution in [3.8, 4) is 0 Å². The van der Waals surface area contributed by atoms with Crippen LogP contribution in [0, 0.1) is 0 Å². The second-order valence-corrected chi connectivity index (χ2v) is 18.2. The lowest BCUT2D eigenvalue weighted by Gasteiger charge is -2.28. The van der Waals surface area contributed by atoms with Crippen molar-refractivity contribution in [2.45, 2.75) is 187 Å². The van der Waals surface area contributed by atoms with Crippen LogP contribution in [0.3, 0.4) is 0 Å². The van der Waals surface area contributed by atoms with Gasteiger partial charge in [-0.3, -0.25) is 14.2 Å². The van der Waals surface area contributed by atoms with Gasteiger partial charge in [0.2, 0.25) is 0 Å². The molecule has 346 valence electrons. The van der Waals surface area contributed by atoms with Crippen LogP contribution < -0.4 is 4.89 Å². The molecule has 0 bridgehead atoms. The molecule has 0 saturated carbocycles. The SMILES string of the molecule is CCCCC/C=C/C/C=C/C/C=C/C/C=C/C/C=C/CCC(=O)O[C@H](COC(=O)CCCCCCCCCCC/C=C/CCCCCC)COP(=O)([O-])OCC[N+](C)(C)C. The van der Waals surface area contributed by atoms with Gasteiger partial charge in [0.15, 0.2) is 6.10 Å². The highest BCUT2D eigenvalue weighted by Crippen LogP contribution is 2.38. The Morgan fingerprint density at radius 2 is 0.933 bits per heavy atom. The van der Waals surface area contributed by atoms with Gasteiger partial charge in [-0.2, -0.15) is 0 Å². The Bertz CT molecular complexity index is 1250. The number of nitrogens with zero attached hydrogens (tertiary/aromatic N) is 1. The van der Waals surface area contributed by atoms with E-state index in [1.165, 1.54) is 96.3 Å². The number of phosphoric acid groups is 1. The third-order valence-corrected chi connectivity index (χ3v) is 10.7. The number of esters is 2. The Labute approximate surface area is 368 Å². The average molecular weight is 862 g/mol. The maximum atomic E-state index is 12.7. The quantitative estimate of drug-likeness (QED) is 0.0196. The van der Waals surface area contributed by atoms with E-state index in [0.717, 1.165) is 44.9 Å². The molecule has 9 nitrogen and oxygen atoms in total. The highest BCUT2D eigenvalue weighted by molar-refractivity contribution is 7.45. The Morgan fingerprint density at radius 3 is 1.45 bits per heavy atom. The van der Waals surface area contributed by atoms with Gasteiger partial charge in [-0.25, -0.2) is 0 Å². The molecular formula is C50H88NO8P.